The Kier molecular flexibility index (Phi) is 5.54. The van der Waals surface area contributed by atoms with Crippen LogP contribution < -0.4 is 11.1 Å². The van der Waals surface area contributed by atoms with Crippen molar-refractivity contribution >= 4 is 23.3 Å². The number of hydrogen-bond donors (Lipinski definition) is 2. The number of carbonyl (C=O) groups excluding carboxylic acids is 2. The number of likely N-dealkylation sites (tertiary alicyclic amines) is 1. The summed E-state index contributed by atoms with van der Waals surface area (Å²) in [6.45, 7) is 6.16. The minimum absolute atomic E-state index is 0.0672. The molecule has 1 aliphatic heterocycles. The van der Waals surface area contributed by atoms with Gasteiger partial charge in [0, 0.05) is 29.6 Å². The van der Waals surface area contributed by atoms with E-state index in [-0.39, 0.29) is 17.9 Å². The molecule has 0 spiro atoms. The van der Waals surface area contributed by atoms with E-state index in [0.29, 0.717) is 29.2 Å². The van der Waals surface area contributed by atoms with E-state index >= 15 is 0 Å². The molecule has 2 aromatic rings. The van der Waals surface area contributed by atoms with Crippen LogP contribution in [0.4, 0.5) is 11.5 Å². The minimum Gasteiger partial charge on any atom is -0.398 e. The number of hydrogen-bond acceptors (Lipinski definition) is 4. The maximum atomic E-state index is 12.6. The molecule has 140 valence electrons. The molecule has 2 amide bonds. The fourth-order valence-corrected chi connectivity index (χ4v) is 3.37. The molecule has 0 saturated carbocycles. The molecule has 1 atom stereocenters. The molecule has 1 aromatic carbocycles. The molecule has 2 heterocycles. The number of nitrogens with zero attached hydrogens (tertiary/aromatic N) is 2. The second-order valence-corrected chi connectivity index (χ2v) is 6.80. The molecule has 1 fully saturated rings. The van der Waals surface area contributed by atoms with E-state index in [0.717, 1.165) is 24.8 Å². The van der Waals surface area contributed by atoms with Gasteiger partial charge >= 0.3 is 0 Å². The smallest absolute Gasteiger partial charge is 0.256 e. The van der Waals surface area contributed by atoms with Crippen LogP contribution in [0.3, 0.4) is 0 Å². The van der Waals surface area contributed by atoms with E-state index in [4.69, 9.17) is 5.73 Å². The van der Waals surface area contributed by atoms with Gasteiger partial charge in [-0.05, 0) is 62.1 Å². The molecule has 3 N–H and O–H groups in total. The summed E-state index contributed by atoms with van der Waals surface area (Å²) in [7, 11) is 0. The standard InChI is InChI=1S/C21H24N4O2/c1-14(2)21(27)25-12-6-4-7-18(25)16-13-15(9-10-17(16)22)20(26)24-19-8-3-5-11-23-19/h3,5,8-11,13,18H,1,4,6-7,12,22H2,2H3,(H,23,24,26)/t18-/m0/s1. The third-order valence-corrected chi connectivity index (χ3v) is 4.74. The number of carbonyl (C=O) groups is 2. The largest absolute Gasteiger partial charge is 0.398 e. The highest BCUT2D eigenvalue weighted by Crippen LogP contribution is 2.35. The van der Waals surface area contributed by atoms with Gasteiger partial charge in [-0.25, -0.2) is 4.98 Å². The average molecular weight is 364 g/mol. The second kappa shape index (κ2) is 8.03. The Morgan fingerprint density at radius 3 is 2.78 bits per heavy atom. The van der Waals surface area contributed by atoms with Gasteiger partial charge in [0.05, 0.1) is 6.04 Å². The maximum absolute atomic E-state index is 12.6. The number of nitrogen functional groups attached to an aromatic ring is 1. The van der Waals surface area contributed by atoms with Crippen LogP contribution in [0.1, 0.15) is 48.1 Å². The van der Waals surface area contributed by atoms with Gasteiger partial charge in [-0.3, -0.25) is 9.59 Å². The Labute approximate surface area is 159 Å². The molecule has 1 aromatic heterocycles. The van der Waals surface area contributed by atoms with E-state index in [1.165, 1.54) is 0 Å². The van der Waals surface area contributed by atoms with Crippen LogP contribution in [0.2, 0.25) is 0 Å². The number of nitrogens with two attached hydrogens (primary N) is 1. The van der Waals surface area contributed by atoms with Crippen LogP contribution >= 0.6 is 0 Å². The Hall–Kier alpha value is -3.15. The molecular weight excluding hydrogens is 340 g/mol. The molecule has 0 radical (unpaired) electrons. The monoisotopic (exact) mass is 364 g/mol. The molecule has 0 bridgehead atoms. The molecule has 1 aliphatic rings. The molecular formula is C21H24N4O2. The summed E-state index contributed by atoms with van der Waals surface area (Å²) < 4.78 is 0. The Balaban J connectivity index is 1.89. The van der Waals surface area contributed by atoms with Crippen molar-refractivity contribution in [1.82, 2.24) is 9.88 Å². The summed E-state index contributed by atoms with van der Waals surface area (Å²) in [5, 5.41) is 2.77. The molecule has 6 heteroatoms. The molecule has 1 saturated heterocycles. The number of anilines is 2. The third-order valence-electron chi connectivity index (χ3n) is 4.74. The van der Waals surface area contributed by atoms with Gasteiger partial charge in [0.25, 0.3) is 5.91 Å². The predicted molar refractivity (Wildman–Crippen MR) is 106 cm³/mol. The molecule has 6 nitrogen and oxygen atoms in total. The number of piperidine rings is 1. The van der Waals surface area contributed by atoms with Crippen LogP contribution in [0.15, 0.2) is 54.7 Å². The van der Waals surface area contributed by atoms with Crippen molar-refractivity contribution in [3.05, 3.63) is 65.9 Å². The van der Waals surface area contributed by atoms with Gasteiger partial charge < -0.3 is 16.0 Å². The number of amides is 2. The normalized spacial score (nSPS) is 16.6. The van der Waals surface area contributed by atoms with Crippen molar-refractivity contribution in [3.8, 4) is 0 Å². The summed E-state index contributed by atoms with van der Waals surface area (Å²) in [6, 6.07) is 10.4. The van der Waals surface area contributed by atoms with E-state index < -0.39 is 0 Å². The van der Waals surface area contributed by atoms with Crippen molar-refractivity contribution < 1.29 is 9.59 Å². The first-order valence-electron chi connectivity index (χ1n) is 9.05. The highest BCUT2D eigenvalue weighted by atomic mass is 16.2. The van der Waals surface area contributed by atoms with Crippen molar-refractivity contribution in [2.45, 2.75) is 32.2 Å². The van der Waals surface area contributed by atoms with Crippen molar-refractivity contribution in [2.24, 2.45) is 0 Å². The Bertz CT molecular complexity index is 864. The van der Waals surface area contributed by atoms with Gasteiger partial charge in [-0.1, -0.05) is 12.6 Å². The topological polar surface area (TPSA) is 88.3 Å². The number of benzene rings is 1. The zero-order valence-electron chi connectivity index (χ0n) is 15.4. The Morgan fingerprint density at radius 2 is 2.07 bits per heavy atom. The fourth-order valence-electron chi connectivity index (χ4n) is 3.37. The van der Waals surface area contributed by atoms with Crippen molar-refractivity contribution in [1.29, 1.82) is 0 Å². The summed E-state index contributed by atoms with van der Waals surface area (Å²) in [4.78, 5) is 31.1. The van der Waals surface area contributed by atoms with Gasteiger partial charge in [-0.2, -0.15) is 0 Å². The highest BCUT2D eigenvalue weighted by Gasteiger charge is 2.30. The number of rotatable bonds is 4. The van der Waals surface area contributed by atoms with Crippen LogP contribution in [0.25, 0.3) is 0 Å². The third kappa shape index (κ3) is 4.16. The van der Waals surface area contributed by atoms with E-state index in [1.807, 2.05) is 4.90 Å². The van der Waals surface area contributed by atoms with E-state index in [2.05, 4.69) is 16.9 Å². The Morgan fingerprint density at radius 1 is 1.26 bits per heavy atom. The predicted octanol–water partition coefficient (Wildman–Crippen LogP) is 3.55. The average Bonchev–Trinajstić information content (AvgIpc) is 2.68. The molecule has 27 heavy (non-hydrogen) atoms. The first kappa shape index (κ1) is 18.6. The summed E-state index contributed by atoms with van der Waals surface area (Å²) in [5.74, 6) is 0.156. The summed E-state index contributed by atoms with van der Waals surface area (Å²) >= 11 is 0. The zero-order valence-corrected chi connectivity index (χ0v) is 15.4. The lowest BCUT2D eigenvalue weighted by atomic mass is 9.92. The van der Waals surface area contributed by atoms with Crippen LogP contribution in [-0.2, 0) is 4.79 Å². The highest BCUT2D eigenvalue weighted by molar-refractivity contribution is 6.04. The quantitative estimate of drug-likeness (QED) is 0.641. The van der Waals surface area contributed by atoms with E-state index in [9.17, 15) is 9.59 Å². The van der Waals surface area contributed by atoms with Crippen LogP contribution in [-0.4, -0.2) is 28.2 Å². The number of nitrogens with one attached hydrogen (secondary N) is 1. The molecule has 0 unspecified atom stereocenters. The SMILES string of the molecule is C=C(C)C(=O)N1CCCC[C@H]1c1cc(C(=O)Nc2ccccn2)ccc1N. The van der Waals surface area contributed by atoms with Gasteiger partial charge in [0.1, 0.15) is 5.82 Å². The lowest BCUT2D eigenvalue weighted by Gasteiger charge is -2.37. The lowest BCUT2D eigenvalue weighted by Crippen LogP contribution is -2.39. The molecule has 0 aliphatic carbocycles. The lowest BCUT2D eigenvalue weighted by molar-refractivity contribution is -0.130. The molecule has 3 rings (SSSR count). The number of aromatic nitrogens is 1. The first-order chi connectivity index (χ1) is 13.0. The van der Waals surface area contributed by atoms with Gasteiger partial charge in [-0.15, -0.1) is 0 Å². The number of pyridine rings is 1. The van der Waals surface area contributed by atoms with Crippen molar-refractivity contribution in [3.63, 3.8) is 0 Å². The van der Waals surface area contributed by atoms with Gasteiger partial charge in [0.2, 0.25) is 5.91 Å². The fraction of sp³-hybridized carbons (Fsp3) is 0.286. The summed E-state index contributed by atoms with van der Waals surface area (Å²) in [6.07, 6.45) is 4.39. The summed E-state index contributed by atoms with van der Waals surface area (Å²) in [5.41, 5.74) is 8.58. The van der Waals surface area contributed by atoms with Crippen LogP contribution in [0.5, 0.6) is 0 Å². The van der Waals surface area contributed by atoms with E-state index in [1.54, 1.807) is 49.5 Å². The van der Waals surface area contributed by atoms with Crippen LogP contribution in [0, 0.1) is 0 Å². The zero-order chi connectivity index (χ0) is 19.4. The first-order valence-corrected chi connectivity index (χ1v) is 9.05. The minimum atomic E-state index is -0.261. The van der Waals surface area contributed by atoms with Gasteiger partial charge in [0.15, 0.2) is 0 Å². The maximum Gasteiger partial charge on any atom is 0.256 e. The second-order valence-electron chi connectivity index (χ2n) is 6.80. The van der Waals surface area contributed by atoms with Crippen molar-refractivity contribution in [2.75, 3.05) is 17.6 Å².